The molecule has 30 heavy (non-hydrogen) atoms. The molecule has 0 spiro atoms. The summed E-state index contributed by atoms with van der Waals surface area (Å²) < 4.78 is 5.34. The van der Waals surface area contributed by atoms with Gasteiger partial charge in [0.05, 0.1) is 25.4 Å². The van der Waals surface area contributed by atoms with Gasteiger partial charge in [0.15, 0.2) is 5.96 Å². The SMILES string of the molecule is CCNC(=NCC(C)(O)CN1CCOCC1)NCCC(=O)Nc1ccc(C)cn1.I. The number of aliphatic imine (C=N–C) groups is 1. The third-order valence-electron chi connectivity index (χ3n) is 4.41. The van der Waals surface area contributed by atoms with Crippen LogP contribution in [0.4, 0.5) is 5.82 Å². The number of pyridine rings is 1. The van der Waals surface area contributed by atoms with Gasteiger partial charge in [0, 0.05) is 45.3 Å². The summed E-state index contributed by atoms with van der Waals surface area (Å²) in [5.41, 5.74) is 0.106. The molecule has 4 N–H and O–H groups in total. The zero-order chi connectivity index (χ0) is 21.1. The molecule has 1 aromatic heterocycles. The molecule has 1 atom stereocenters. The molecule has 170 valence electrons. The monoisotopic (exact) mass is 534 g/mol. The van der Waals surface area contributed by atoms with E-state index in [2.05, 4.69) is 30.8 Å². The summed E-state index contributed by atoms with van der Waals surface area (Å²) in [7, 11) is 0. The standard InChI is InChI=1S/C20H34N6O3.HI/c1-4-21-19(24-14-20(3,28)15-26-9-11-29-12-10-26)22-8-7-18(27)25-17-6-5-16(2)13-23-17;/h5-6,13,28H,4,7-12,14-15H2,1-3H3,(H2,21,22,24)(H,23,25,27);1H. The predicted molar refractivity (Wildman–Crippen MR) is 129 cm³/mol. The molecular formula is C20H35IN6O3. The quantitative estimate of drug-likeness (QED) is 0.212. The minimum atomic E-state index is -0.936. The number of halogens is 1. The minimum absolute atomic E-state index is 0. The van der Waals surface area contributed by atoms with Gasteiger partial charge < -0.3 is 25.8 Å². The van der Waals surface area contributed by atoms with Crippen LogP contribution in [0.15, 0.2) is 23.3 Å². The zero-order valence-corrected chi connectivity index (χ0v) is 20.4. The van der Waals surface area contributed by atoms with Crippen molar-refractivity contribution in [1.82, 2.24) is 20.5 Å². The Hall–Kier alpha value is -1.50. The fourth-order valence-electron chi connectivity index (χ4n) is 2.92. The van der Waals surface area contributed by atoms with Crippen molar-refractivity contribution in [2.75, 3.05) is 57.8 Å². The predicted octanol–water partition coefficient (Wildman–Crippen LogP) is 0.975. The van der Waals surface area contributed by atoms with Crippen molar-refractivity contribution in [3.63, 3.8) is 0 Å². The van der Waals surface area contributed by atoms with E-state index >= 15 is 0 Å². The van der Waals surface area contributed by atoms with Crippen LogP contribution in [0.25, 0.3) is 0 Å². The summed E-state index contributed by atoms with van der Waals surface area (Å²) >= 11 is 0. The normalized spacial score (nSPS) is 16.9. The number of morpholine rings is 1. The number of hydrogen-bond acceptors (Lipinski definition) is 6. The molecule has 9 nitrogen and oxygen atoms in total. The molecule has 1 unspecified atom stereocenters. The van der Waals surface area contributed by atoms with Crippen LogP contribution in [0.2, 0.25) is 0 Å². The molecule has 1 amide bonds. The van der Waals surface area contributed by atoms with E-state index in [0.29, 0.717) is 44.6 Å². The van der Waals surface area contributed by atoms with Gasteiger partial charge in [-0.1, -0.05) is 6.07 Å². The molecule has 1 aromatic rings. The lowest BCUT2D eigenvalue weighted by molar-refractivity contribution is -0.116. The van der Waals surface area contributed by atoms with E-state index in [0.717, 1.165) is 18.7 Å². The van der Waals surface area contributed by atoms with Crippen LogP contribution in [-0.2, 0) is 9.53 Å². The topological polar surface area (TPSA) is 111 Å². The first-order chi connectivity index (χ1) is 13.9. The third kappa shape index (κ3) is 10.5. The number of aliphatic hydroxyl groups is 1. The van der Waals surface area contributed by atoms with E-state index in [1.807, 2.05) is 19.9 Å². The number of hydrogen-bond donors (Lipinski definition) is 4. The first-order valence-corrected chi connectivity index (χ1v) is 10.1. The Morgan fingerprint density at radius 3 is 2.70 bits per heavy atom. The van der Waals surface area contributed by atoms with Gasteiger partial charge >= 0.3 is 0 Å². The Morgan fingerprint density at radius 1 is 1.33 bits per heavy atom. The van der Waals surface area contributed by atoms with Gasteiger partial charge in [-0.25, -0.2) is 4.98 Å². The van der Waals surface area contributed by atoms with Crippen molar-refractivity contribution in [1.29, 1.82) is 0 Å². The second-order valence-corrected chi connectivity index (χ2v) is 7.53. The summed E-state index contributed by atoms with van der Waals surface area (Å²) in [4.78, 5) is 22.9. The Bertz CT molecular complexity index is 663. The number of ether oxygens (including phenoxy) is 1. The molecular weight excluding hydrogens is 499 g/mol. The number of β-amino-alcohol motifs (C(OH)–C–C–N with tert-alkyl or cyclic N) is 1. The van der Waals surface area contributed by atoms with Crippen LogP contribution in [0.3, 0.4) is 0 Å². The highest BCUT2D eigenvalue weighted by atomic mass is 127. The van der Waals surface area contributed by atoms with Crippen LogP contribution in [0, 0.1) is 6.92 Å². The van der Waals surface area contributed by atoms with Crippen LogP contribution in [0.1, 0.15) is 25.8 Å². The molecule has 1 saturated heterocycles. The second kappa shape index (κ2) is 13.7. The van der Waals surface area contributed by atoms with E-state index in [1.54, 1.807) is 19.2 Å². The number of carbonyl (C=O) groups excluding carboxylic acids is 1. The van der Waals surface area contributed by atoms with Crippen LogP contribution >= 0.6 is 24.0 Å². The number of anilines is 1. The molecule has 0 saturated carbocycles. The van der Waals surface area contributed by atoms with Crippen molar-refractivity contribution in [3.8, 4) is 0 Å². The van der Waals surface area contributed by atoms with Crippen molar-refractivity contribution >= 4 is 41.7 Å². The molecule has 1 aliphatic heterocycles. The number of guanidine groups is 1. The lowest BCUT2D eigenvalue weighted by atomic mass is 10.1. The van der Waals surface area contributed by atoms with Crippen LogP contribution < -0.4 is 16.0 Å². The highest BCUT2D eigenvalue weighted by molar-refractivity contribution is 14.0. The summed E-state index contributed by atoms with van der Waals surface area (Å²) in [6.45, 7) is 10.7. The Labute approximate surface area is 196 Å². The average molecular weight is 534 g/mol. The molecule has 0 radical (unpaired) electrons. The van der Waals surface area contributed by atoms with Crippen LogP contribution in [0.5, 0.6) is 0 Å². The molecule has 2 heterocycles. The highest BCUT2D eigenvalue weighted by Crippen LogP contribution is 2.09. The fraction of sp³-hybridized carbons (Fsp3) is 0.650. The first kappa shape index (κ1) is 26.5. The Morgan fingerprint density at radius 2 is 2.07 bits per heavy atom. The molecule has 0 bridgehead atoms. The molecule has 0 aliphatic carbocycles. The third-order valence-corrected chi connectivity index (χ3v) is 4.41. The molecule has 1 aliphatic rings. The van der Waals surface area contributed by atoms with E-state index < -0.39 is 5.60 Å². The maximum Gasteiger partial charge on any atom is 0.227 e. The van der Waals surface area contributed by atoms with Gasteiger partial charge in [-0.15, -0.1) is 24.0 Å². The zero-order valence-electron chi connectivity index (χ0n) is 18.1. The van der Waals surface area contributed by atoms with Gasteiger partial charge in [-0.3, -0.25) is 14.7 Å². The molecule has 2 rings (SSSR count). The maximum absolute atomic E-state index is 12.1. The maximum atomic E-state index is 12.1. The molecule has 1 fully saturated rings. The van der Waals surface area contributed by atoms with Gasteiger partial charge in [-0.2, -0.15) is 0 Å². The number of amides is 1. The van der Waals surface area contributed by atoms with Gasteiger partial charge in [-0.05, 0) is 32.4 Å². The highest BCUT2D eigenvalue weighted by Gasteiger charge is 2.25. The van der Waals surface area contributed by atoms with Gasteiger partial charge in [0.1, 0.15) is 5.82 Å². The van der Waals surface area contributed by atoms with Crippen LogP contribution in [-0.4, -0.2) is 84.9 Å². The number of nitrogens with one attached hydrogen (secondary N) is 3. The summed E-state index contributed by atoms with van der Waals surface area (Å²) in [6.07, 6.45) is 2.00. The lowest BCUT2D eigenvalue weighted by Gasteiger charge is -2.33. The molecule has 0 aromatic carbocycles. The van der Waals surface area contributed by atoms with E-state index in [-0.39, 0.29) is 42.8 Å². The molecule has 10 heteroatoms. The number of aryl methyl sites for hydroxylation is 1. The van der Waals surface area contributed by atoms with E-state index in [4.69, 9.17) is 4.74 Å². The van der Waals surface area contributed by atoms with Crippen molar-refractivity contribution in [2.24, 2.45) is 4.99 Å². The second-order valence-electron chi connectivity index (χ2n) is 7.53. The van der Waals surface area contributed by atoms with Gasteiger partial charge in [0.25, 0.3) is 0 Å². The van der Waals surface area contributed by atoms with E-state index in [1.165, 1.54) is 0 Å². The number of carbonyl (C=O) groups is 1. The average Bonchev–Trinajstić information content (AvgIpc) is 2.68. The Kier molecular flexibility index (Phi) is 12.1. The van der Waals surface area contributed by atoms with Gasteiger partial charge in [0.2, 0.25) is 5.91 Å². The Balaban J connectivity index is 0.00000450. The number of nitrogens with zero attached hydrogens (tertiary/aromatic N) is 3. The smallest absolute Gasteiger partial charge is 0.227 e. The summed E-state index contributed by atoms with van der Waals surface area (Å²) in [5.74, 6) is 1.00. The summed E-state index contributed by atoms with van der Waals surface area (Å²) in [5, 5.41) is 19.7. The van der Waals surface area contributed by atoms with E-state index in [9.17, 15) is 9.90 Å². The first-order valence-electron chi connectivity index (χ1n) is 10.1. The number of rotatable bonds is 9. The fourth-order valence-corrected chi connectivity index (χ4v) is 2.92. The number of aromatic nitrogens is 1. The van der Waals surface area contributed by atoms with Crippen molar-refractivity contribution in [2.45, 2.75) is 32.8 Å². The van der Waals surface area contributed by atoms with Crippen molar-refractivity contribution < 1.29 is 14.6 Å². The minimum Gasteiger partial charge on any atom is -0.387 e. The van der Waals surface area contributed by atoms with Crippen molar-refractivity contribution in [3.05, 3.63) is 23.9 Å². The summed E-state index contributed by atoms with van der Waals surface area (Å²) in [6, 6.07) is 3.68. The largest absolute Gasteiger partial charge is 0.387 e. The lowest BCUT2D eigenvalue weighted by Crippen LogP contribution is -2.48.